The Labute approximate surface area is 65.2 Å². The minimum Gasteiger partial charge on any atom is -0.461 e. The fraction of sp³-hybridized carbons (Fsp3) is 0.444. The molecule has 0 radical (unpaired) electrons. The number of carbonyl (C=O) groups excluding carboxylic acids is 1. The smallest absolute Gasteiger partial charge is 0.185 e. The lowest BCUT2D eigenvalue weighted by Crippen LogP contribution is -2.00. The molecule has 2 rings (SSSR count). The molecule has 0 spiro atoms. The zero-order chi connectivity index (χ0) is 7.68. The summed E-state index contributed by atoms with van der Waals surface area (Å²) in [5.74, 6) is 0.541. The van der Waals surface area contributed by atoms with Crippen LogP contribution in [0.2, 0.25) is 0 Å². The zero-order valence-electron chi connectivity index (χ0n) is 6.30. The van der Waals surface area contributed by atoms with E-state index < -0.39 is 0 Å². The van der Waals surface area contributed by atoms with Crippen LogP contribution < -0.4 is 0 Å². The Hall–Kier alpha value is -1.05. The predicted molar refractivity (Wildman–Crippen MR) is 40.7 cm³/mol. The highest BCUT2D eigenvalue weighted by molar-refractivity contribution is 5.73. The molecule has 1 aliphatic carbocycles. The first kappa shape index (κ1) is 6.65. The van der Waals surface area contributed by atoms with Crippen molar-refractivity contribution in [2.24, 2.45) is 0 Å². The molecular weight excluding hydrogens is 140 g/mol. The number of furan rings is 1. The molecule has 1 heterocycles. The first-order valence-corrected chi connectivity index (χ1v) is 3.96. The second-order valence-electron chi connectivity index (χ2n) is 2.93. The molecule has 0 fully saturated rings. The average Bonchev–Trinajstić information content (AvgIpc) is 2.47. The Morgan fingerprint density at radius 2 is 2.18 bits per heavy atom. The highest BCUT2D eigenvalue weighted by atomic mass is 16.3. The van der Waals surface area contributed by atoms with Crippen molar-refractivity contribution in [2.45, 2.75) is 25.7 Å². The molecule has 0 aromatic carbocycles. The maximum atomic E-state index is 10.4. The van der Waals surface area contributed by atoms with Crippen molar-refractivity contribution in [1.29, 1.82) is 0 Å². The molecule has 58 valence electrons. The van der Waals surface area contributed by atoms with E-state index in [1.54, 1.807) is 6.26 Å². The van der Waals surface area contributed by atoms with E-state index in [1.807, 2.05) is 0 Å². The summed E-state index contributed by atoms with van der Waals surface area (Å²) in [6.07, 6.45) is 7.03. The van der Waals surface area contributed by atoms with Gasteiger partial charge in [0.2, 0.25) is 0 Å². The van der Waals surface area contributed by atoms with E-state index in [-0.39, 0.29) is 0 Å². The Morgan fingerprint density at radius 3 is 3.00 bits per heavy atom. The Balaban J connectivity index is 2.45. The summed E-state index contributed by atoms with van der Waals surface area (Å²) in [6, 6.07) is 0. The summed E-state index contributed by atoms with van der Waals surface area (Å²) >= 11 is 0. The van der Waals surface area contributed by atoms with Gasteiger partial charge < -0.3 is 4.42 Å². The van der Waals surface area contributed by atoms with Crippen molar-refractivity contribution in [2.75, 3.05) is 0 Å². The number of carbonyl (C=O) groups is 1. The lowest BCUT2D eigenvalue weighted by atomic mass is 9.94. The van der Waals surface area contributed by atoms with Gasteiger partial charge in [-0.3, -0.25) is 4.79 Å². The minimum absolute atomic E-state index is 0.541. The SMILES string of the molecule is O=Cc1occ2c1CCCC2. The normalized spacial score (nSPS) is 16.0. The quantitative estimate of drug-likeness (QED) is 0.573. The van der Waals surface area contributed by atoms with Gasteiger partial charge in [-0.1, -0.05) is 0 Å². The molecule has 1 aromatic rings. The van der Waals surface area contributed by atoms with E-state index in [1.165, 1.54) is 18.4 Å². The molecule has 0 aliphatic heterocycles. The summed E-state index contributed by atoms with van der Waals surface area (Å²) in [6.45, 7) is 0. The number of hydrogen-bond acceptors (Lipinski definition) is 2. The Bertz CT molecular complexity index is 273. The van der Waals surface area contributed by atoms with Crippen molar-refractivity contribution >= 4 is 6.29 Å². The molecule has 0 bridgehead atoms. The van der Waals surface area contributed by atoms with Crippen LogP contribution in [0, 0.1) is 0 Å². The van der Waals surface area contributed by atoms with Crippen LogP contribution in [0.4, 0.5) is 0 Å². The minimum atomic E-state index is 0.541. The molecule has 1 aliphatic rings. The van der Waals surface area contributed by atoms with E-state index in [4.69, 9.17) is 4.42 Å². The fourth-order valence-corrected chi connectivity index (χ4v) is 1.64. The van der Waals surface area contributed by atoms with Gasteiger partial charge in [0.25, 0.3) is 0 Å². The van der Waals surface area contributed by atoms with E-state index in [2.05, 4.69) is 0 Å². The predicted octanol–water partition coefficient (Wildman–Crippen LogP) is 1.97. The van der Waals surface area contributed by atoms with Gasteiger partial charge in [-0.15, -0.1) is 0 Å². The molecule has 11 heavy (non-hydrogen) atoms. The van der Waals surface area contributed by atoms with Crippen LogP contribution >= 0.6 is 0 Å². The van der Waals surface area contributed by atoms with E-state index in [0.29, 0.717) is 5.76 Å². The van der Waals surface area contributed by atoms with Crippen LogP contribution in [-0.2, 0) is 12.8 Å². The monoisotopic (exact) mass is 150 g/mol. The summed E-state index contributed by atoms with van der Waals surface area (Å²) < 4.78 is 5.10. The first-order valence-electron chi connectivity index (χ1n) is 3.96. The van der Waals surface area contributed by atoms with Gasteiger partial charge in [-0.2, -0.15) is 0 Å². The first-order chi connectivity index (χ1) is 5.42. The standard InChI is InChI=1S/C9H10O2/c10-5-9-8-4-2-1-3-7(8)6-11-9/h5-6H,1-4H2. The third-order valence-electron chi connectivity index (χ3n) is 2.24. The van der Waals surface area contributed by atoms with Crippen LogP contribution in [0.25, 0.3) is 0 Å². The molecule has 0 atom stereocenters. The molecule has 0 amide bonds. The molecular formula is C9H10O2. The fourth-order valence-electron chi connectivity index (χ4n) is 1.64. The molecule has 1 aromatic heterocycles. The third-order valence-corrected chi connectivity index (χ3v) is 2.24. The number of aldehydes is 1. The molecule has 0 N–H and O–H groups in total. The van der Waals surface area contributed by atoms with Crippen molar-refractivity contribution < 1.29 is 9.21 Å². The summed E-state index contributed by atoms with van der Waals surface area (Å²) in [7, 11) is 0. The van der Waals surface area contributed by atoms with Crippen molar-refractivity contribution in [3.63, 3.8) is 0 Å². The molecule has 0 saturated heterocycles. The highest BCUT2D eigenvalue weighted by Gasteiger charge is 2.15. The van der Waals surface area contributed by atoms with E-state index in [9.17, 15) is 4.79 Å². The largest absolute Gasteiger partial charge is 0.461 e. The van der Waals surface area contributed by atoms with Gasteiger partial charge in [0, 0.05) is 5.56 Å². The van der Waals surface area contributed by atoms with Gasteiger partial charge in [-0.25, -0.2) is 0 Å². The summed E-state index contributed by atoms with van der Waals surface area (Å²) in [5.41, 5.74) is 2.38. The molecule has 0 saturated carbocycles. The lowest BCUT2D eigenvalue weighted by molar-refractivity contribution is 0.109. The van der Waals surface area contributed by atoms with Crippen LogP contribution in [0.5, 0.6) is 0 Å². The van der Waals surface area contributed by atoms with Crippen LogP contribution in [0.15, 0.2) is 10.7 Å². The third kappa shape index (κ3) is 0.985. The topological polar surface area (TPSA) is 30.2 Å². The maximum Gasteiger partial charge on any atom is 0.185 e. The van der Waals surface area contributed by atoms with Gasteiger partial charge in [0.05, 0.1) is 6.26 Å². The number of aryl methyl sites for hydroxylation is 1. The average molecular weight is 150 g/mol. The van der Waals surface area contributed by atoms with Crippen LogP contribution in [0.1, 0.15) is 34.5 Å². The van der Waals surface area contributed by atoms with Gasteiger partial charge >= 0.3 is 0 Å². The van der Waals surface area contributed by atoms with Crippen LogP contribution in [0.3, 0.4) is 0 Å². The van der Waals surface area contributed by atoms with Crippen LogP contribution in [-0.4, -0.2) is 6.29 Å². The highest BCUT2D eigenvalue weighted by Crippen LogP contribution is 2.24. The van der Waals surface area contributed by atoms with E-state index in [0.717, 1.165) is 24.7 Å². The van der Waals surface area contributed by atoms with Crippen molar-refractivity contribution in [3.8, 4) is 0 Å². The van der Waals surface area contributed by atoms with Gasteiger partial charge in [0.1, 0.15) is 0 Å². The number of fused-ring (bicyclic) bond motifs is 1. The molecule has 0 unspecified atom stereocenters. The molecule has 2 nitrogen and oxygen atoms in total. The second kappa shape index (κ2) is 2.53. The van der Waals surface area contributed by atoms with E-state index >= 15 is 0 Å². The Morgan fingerprint density at radius 1 is 1.36 bits per heavy atom. The zero-order valence-corrected chi connectivity index (χ0v) is 6.30. The molecule has 2 heteroatoms. The van der Waals surface area contributed by atoms with Gasteiger partial charge in [0.15, 0.2) is 12.0 Å². The van der Waals surface area contributed by atoms with Crippen molar-refractivity contribution in [1.82, 2.24) is 0 Å². The Kier molecular flexibility index (Phi) is 1.53. The second-order valence-corrected chi connectivity index (χ2v) is 2.93. The summed E-state index contributed by atoms with van der Waals surface area (Å²) in [5, 5.41) is 0. The van der Waals surface area contributed by atoms with Crippen molar-refractivity contribution in [3.05, 3.63) is 23.2 Å². The van der Waals surface area contributed by atoms with Gasteiger partial charge in [-0.05, 0) is 31.2 Å². The summed E-state index contributed by atoms with van der Waals surface area (Å²) in [4.78, 5) is 10.4. The number of rotatable bonds is 1. The lowest BCUT2D eigenvalue weighted by Gasteiger charge is -2.08. The number of hydrogen-bond donors (Lipinski definition) is 0. The maximum absolute atomic E-state index is 10.4.